The summed E-state index contributed by atoms with van der Waals surface area (Å²) in [5.41, 5.74) is 3.60. The van der Waals surface area contributed by atoms with E-state index in [2.05, 4.69) is 21.7 Å². The van der Waals surface area contributed by atoms with E-state index in [4.69, 9.17) is 0 Å². The summed E-state index contributed by atoms with van der Waals surface area (Å²) in [4.78, 5) is 14.5. The smallest absolute Gasteiger partial charge is 0.205 e. The van der Waals surface area contributed by atoms with Gasteiger partial charge in [0.25, 0.3) is 0 Å². The number of aromatic nitrogens is 1. The molecule has 5 nitrogen and oxygen atoms in total. The number of para-hydroxylation sites is 1. The Balaban J connectivity index is 2.02. The first kappa shape index (κ1) is 11.9. The number of aliphatic imine (C=N–C) groups is 1. The SMILES string of the molecule is O=[N+]([O-])CCCn1c2c(c3ccccc31)CCN=C2. The number of nitrogens with zero attached hydrogens (tertiary/aromatic N) is 3. The Morgan fingerprint density at radius 3 is 3.05 bits per heavy atom. The predicted molar refractivity (Wildman–Crippen MR) is 74.6 cm³/mol. The predicted octanol–water partition coefficient (Wildman–Crippen LogP) is 2.28. The second-order valence-electron chi connectivity index (χ2n) is 4.73. The van der Waals surface area contributed by atoms with E-state index < -0.39 is 0 Å². The van der Waals surface area contributed by atoms with Crippen LogP contribution in [0.4, 0.5) is 0 Å². The molecule has 0 fully saturated rings. The molecule has 98 valence electrons. The Kier molecular flexibility index (Phi) is 3.03. The molecule has 0 saturated carbocycles. The van der Waals surface area contributed by atoms with Gasteiger partial charge < -0.3 is 4.57 Å². The van der Waals surface area contributed by atoms with E-state index in [0.717, 1.165) is 24.2 Å². The number of benzene rings is 1. The molecular formula is C14H15N3O2. The normalized spacial score (nSPS) is 13.7. The van der Waals surface area contributed by atoms with Gasteiger partial charge in [0.15, 0.2) is 0 Å². The molecule has 0 saturated heterocycles. The number of aryl methyl sites for hydroxylation is 1. The van der Waals surface area contributed by atoms with Crippen molar-refractivity contribution >= 4 is 17.1 Å². The van der Waals surface area contributed by atoms with Gasteiger partial charge in [-0.15, -0.1) is 0 Å². The number of fused-ring (bicyclic) bond motifs is 3. The first-order valence-corrected chi connectivity index (χ1v) is 6.49. The fourth-order valence-corrected chi connectivity index (χ4v) is 2.73. The molecule has 0 amide bonds. The molecule has 1 aromatic heterocycles. The quantitative estimate of drug-likeness (QED) is 0.623. The Labute approximate surface area is 110 Å². The van der Waals surface area contributed by atoms with Gasteiger partial charge in [0.05, 0.1) is 5.69 Å². The molecule has 1 aliphatic heterocycles. The molecule has 19 heavy (non-hydrogen) atoms. The minimum atomic E-state index is -0.258. The van der Waals surface area contributed by atoms with Crippen LogP contribution in [0.15, 0.2) is 29.3 Å². The zero-order valence-electron chi connectivity index (χ0n) is 10.6. The fraction of sp³-hybridized carbons (Fsp3) is 0.357. The highest BCUT2D eigenvalue weighted by Crippen LogP contribution is 2.27. The summed E-state index contributed by atoms with van der Waals surface area (Å²) in [5, 5.41) is 11.7. The van der Waals surface area contributed by atoms with Gasteiger partial charge in [0, 0.05) is 41.6 Å². The van der Waals surface area contributed by atoms with E-state index in [-0.39, 0.29) is 11.5 Å². The maximum Gasteiger partial charge on any atom is 0.205 e. The van der Waals surface area contributed by atoms with Crippen molar-refractivity contribution in [3.8, 4) is 0 Å². The van der Waals surface area contributed by atoms with Gasteiger partial charge >= 0.3 is 0 Å². The lowest BCUT2D eigenvalue weighted by atomic mass is 10.1. The molecule has 2 aromatic rings. The topological polar surface area (TPSA) is 60.4 Å². The monoisotopic (exact) mass is 257 g/mol. The van der Waals surface area contributed by atoms with Crippen LogP contribution in [0.1, 0.15) is 17.7 Å². The van der Waals surface area contributed by atoms with Gasteiger partial charge in [-0.1, -0.05) is 18.2 Å². The summed E-state index contributed by atoms with van der Waals surface area (Å²) >= 11 is 0. The van der Waals surface area contributed by atoms with Crippen molar-refractivity contribution < 1.29 is 4.92 Å². The maximum absolute atomic E-state index is 10.5. The van der Waals surface area contributed by atoms with E-state index in [1.807, 2.05) is 18.3 Å². The number of hydrogen-bond donors (Lipinski definition) is 0. The summed E-state index contributed by atoms with van der Waals surface area (Å²) in [7, 11) is 0. The van der Waals surface area contributed by atoms with Crippen molar-refractivity contribution in [3.63, 3.8) is 0 Å². The largest absolute Gasteiger partial charge is 0.339 e. The minimum Gasteiger partial charge on any atom is -0.339 e. The Bertz CT molecular complexity index is 658. The van der Waals surface area contributed by atoms with Crippen LogP contribution in [-0.2, 0) is 13.0 Å². The van der Waals surface area contributed by atoms with Gasteiger partial charge in [-0.05, 0) is 18.1 Å². The highest BCUT2D eigenvalue weighted by molar-refractivity contribution is 5.95. The van der Waals surface area contributed by atoms with Crippen molar-refractivity contribution in [3.05, 3.63) is 45.6 Å². The van der Waals surface area contributed by atoms with Crippen LogP contribution in [0, 0.1) is 10.1 Å². The molecular weight excluding hydrogens is 242 g/mol. The summed E-state index contributed by atoms with van der Waals surface area (Å²) in [6, 6.07) is 8.25. The van der Waals surface area contributed by atoms with Gasteiger partial charge in [-0.3, -0.25) is 15.1 Å². The Morgan fingerprint density at radius 2 is 2.21 bits per heavy atom. The van der Waals surface area contributed by atoms with Gasteiger partial charge in [0.2, 0.25) is 6.54 Å². The highest BCUT2D eigenvalue weighted by Gasteiger charge is 2.17. The van der Waals surface area contributed by atoms with Crippen LogP contribution >= 0.6 is 0 Å². The molecule has 2 heterocycles. The van der Waals surface area contributed by atoms with Crippen LogP contribution in [0.3, 0.4) is 0 Å². The zero-order valence-corrected chi connectivity index (χ0v) is 10.6. The Morgan fingerprint density at radius 1 is 1.37 bits per heavy atom. The zero-order chi connectivity index (χ0) is 13.2. The minimum absolute atomic E-state index is 0.0123. The third-order valence-corrected chi connectivity index (χ3v) is 3.55. The van der Waals surface area contributed by atoms with E-state index in [1.165, 1.54) is 10.9 Å². The maximum atomic E-state index is 10.5. The third-order valence-electron chi connectivity index (χ3n) is 3.55. The van der Waals surface area contributed by atoms with E-state index in [9.17, 15) is 10.1 Å². The van der Waals surface area contributed by atoms with Crippen LogP contribution < -0.4 is 0 Å². The van der Waals surface area contributed by atoms with Crippen molar-refractivity contribution in [2.24, 2.45) is 4.99 Å². The lowest BCUT2D eigenvalue weighted by molar-refractivity contribution is -0.480. The molecule has 5 heteroatoms. The molecule has 3 rings (SSSR count). The molecule has 0 bridgehead atoms. The summed E-state index contributed by atoms with van der Waals surface area (Å²) in [5.74, 6) is 0. The van der Waals surface area contributed by atoms with Gasteiger partial charge in [-0.2, -0.15) is 0 Å². The first-order valence-electron chi connectivity index (χ1n) is 6.49. The number of nitro groups is 1. The van der Waals surface area contributed by atoms with Crippen LogP contribution in [0.25, 0.3) is 10.9 Å². The molecule has 0 N–H and O–H groups in total. The fourth-order valence-electron chi connectivity index (χ4n) is 2.73. The van der Waals surface area contributed by atoms with E-state index >= 15 is 0 Å². The molecule has 0 spiro atoms. The van der Waals surface area contributed by atoms with Gasteiger partial charge in [-0.25, -0.2) is 0 Å². The van der Waals surface area contributed by atoms with Crippen molar-refractivity contribution in [1.82, 2.24) is 4.57 Å². The molecule has 0 radical (unpaired) electrons. The lowest BCUT2D eigenvalue weighted by Gasteiger charge is -2.10. The molecule has 0 unspecified atom stereocenters. The van der Waals surface area contributed by atoms with E-state index in [0.29, 0.717) is 13.0 Å². The van der Waals surface area contributed by atoms with Crippen LogP contribution in [0.5, 0.6) is 0 Å². The molecule has 0 atom stereocenters. The van der Waals surface area contributed by atoms with Gasteiger partial charge in [0.1, 0.15) is 0 Å². The standard InChI is InChI=1S/C14H15N3O2/c18-17(19)9-3-8-16-13-5-2-1-4-11(13)12-6-7-15-10-14(12)16/h1-2,4-5,10H,3,6-9H2. The van der Waals surface area contributed by atoms with Crippen LogP contribution in [0.2, 0.25) is 0 Å². The number of hydrogen-bond acceptors (Lipinski definition) is 3. The Hall–Kier alpha value is -2.17. The average molecular weight is 257 g/mol. The second kappa shape index (κ2) is 4.84. The average Bonchev–Trinajstić information content (AvgIpc) is 2.74. The van der Waals surface area contributed by atoms with Crippen molar-refractivity contribution in [2.75, 3.05) is 13.1 Å². The second-order valence-corrected chi connectivity index (χ2v) is 4.73. The number of rotatable bonds is 4. The van der Waals surface area contributed by atoms with Crippen LogP contribution in [-0.4, -0.2) is 28.8 Å². The molecule has 1 aliphatic rings. The first-order chi connectivity index (χ1) is 9.27. The van der Waals surface area contributed by atoms with E-state index in [1.54, 1.807) is 0 Å². The summed E-state index contributed by atoms with van der Waals surface area (Å²) < 4.78 is 2.16. The lowest BCUT2D eigenvalue weighted by Crippen LogP contribution is -2.11. The van der Waals surface area contributed by atoms with Crippen molar-refractivity contribution in [1.29, 1.82) is 0 Å². The molecule has 0 aliphatic carbocycles. The summed E-state index contributed by atoms with van der Waals surface area (Å²) in [6.45, 7) is 1.51. The van der Waals surface area contributed by atoms with Crippen molar-refractivity contribution in [2.45, 2.75) is 19.4 Å². The summed E-state index contributed by atoms with van der Waals surface area (Å²) in [6.07, 6.45) is 3.41. The molecule has 1 aromatic carbocycles. The third kappa shape index (κ3) is 2.12. The highest BCUT2D eigenvalue weighted by atomic mass is 16.6.